The number of carbonyl (C=O) groups is 2. The van der Waals surface area contributed by atoms with E-state index in [1.165, 1.54) is 36.4 Å². The minimum Gasteiger partial charge on any atom is -0.508 e. The van der Waals surface area contributed by atoms with Crippen LogP contribution >= 0.6 is 0 Å². The van der Waals surface area contributed by atoms with E-state index in [-0.39, 0.29) is 29.5 Å². The molecule has 0 saturated carbocycles. The minimum atomic E-state index is -1.29. The van der Waals surface area contributed by atoms with Crippen LogP contribution in [0.3, 0.4) is 0 Å². The second-order valence-electron chi connectivity index (χ2n) is 5.36. The molecule has 4 heteroatoms. The van der Waals surface area contributed by atoms with Gasteiger partial charge >= 0.3 is 0 Å². The van der Waals surface area contributed by atoms with E-state index in [2.05, 4.69) is 0 Å². The topological polar surface area (TPSA) is 74.6 Å². The Labute approximate surface area is 127 Å². The van der Waals surface area contributed by atoms with Crippen molar-refractivity contribution in [3.63, 3.8) is 0 Å². The maximum atomic E-state index is 12.4. The fourth-order valence-corrected chi connectivity index (χ4v) is 2.78. The Morgan fingerprint density at radius 2 is 1.18 bits per heavy atom. The highest BCUT2D eigenvalue weighted by molar-refractivity contribution is 6.26. The highest BCUT2D eigenvalue weighted by Crippen LogP contribution is 2.36. The zero-order valence-corrected chi connectivity index (χ0v) is 11.7. The number of phenols is 2. The molecule has 0 spiro atoms. The molecule has 1 aliphatic rings. The van der Waals surface area contributed by atoms with Crippen LogP contribution < -0.4 is 0 Å². The molecule has 3 rings (SSSR count). The summed E-state index contributed by atoms with van der Waals surface area (Å²) in [4.78, 5) is 24.9. The normalized spacial score (nSPS) is 16.2. The Morgan fingerprint density at radius 3 is 1.68 bits per heavy atom. The van der Waals surface area contributed by atoms with Gasteiger partial charge in [0.15, 0.2) is 11.6 Å². The number of allylic oxidation sites excluding steroid dienone is 2. The highest BCUT2D eigenvalue weighted by Gasteiger charge is 2.47. The number of hydrogen-bond donors (Lipinski definition) is 2. The maximum absolute atomic E-state index is 12.4. The van der Waals surface area contributed by atoms with Crippen LogP contribution in [0.5, 0.6) is 11.5 Å². The van der Waals surface area contributed by atoms with E-state index >= 15 is 0 Å². The third kappa shape index (κ3) is 2.19. The molecule has 0 radical (unpaired) electrons. The number of rotatable bonds is 3. The molecule has 0 atom stereocenters. The van der Waals surface area contributed by atoms with Gasteiger partial charge in [0.1, 0.15) is 16.9 Å². The summed E-state index contributed by atoms with van der Waals surface area (Å²) in [6.07, 6.45) is 2.81. The first-order chi connectivity index (χ1) is 10.5. The average molecular weight is 294 g/mol. The number of phenolic OH excluding ortho intramolecular Hbond substituents is 2. The van der Waals surface area contributed by atoms with Gasteiger partial charge in [-0.2, -0.15) is 0 Å². The Bertz CT molecular complexity index is 737. The van der Waals surface area contributed by atoms with Crippen LogP contribution in [0.4, 0.5) is 0 Å². The van der Waals surface area contributed by atoms with Gasteiger partial charge in [0.2, 0.25) is 0 Å². The van der Waals surface area contributed by atoms with E-state index in [1.54, 1.807) is 24.3 Å². The van der Waals surface area contributed by atoms with Crippen molar-refractivity contribution in [1.29, 1.82) is 0 Å². The van der Waals surface area contributed by atoms with E-state index < -0.39 is 5.41 Å². The van der Waals surface area contributed by atoms with E-state index in [4.69, 9.17) is 0 Å². The first-order valence-corrected chi connectivity index (χ1v) is 6.87. The lowest BCUT2D eigenvalue weighted by Gasteiger charge is -2.26. The second kappa shape index (κ2) is 5.15. The van der Waals surface area contributed by atoms with Gasteiger partial charge in [0.25, 0.3) is 0 Å². The van der Waals surface area contributed by atoms with E-state index in [1.807, 2.05) is 0 Å². The molecule has 2 aromatic carbocycles. The van der Waals surface area contributed by atoms with Crippen LogP contribution in [0.25, 0.3) is 0 Å². The van der Waals surface area contributed by atoms with Crippen molar-refractivity contribution in [3.8, 4) is 11.5 Å². The molecule has 2 aromatic rings. The number of carbonyl (C=O) groups excluding carboxylic acids is 2. The average Bonchev–Trinajstić information content (AvgIpc) is 2.79. The fraction of sp³-hybridized carbons (Fsp3) is 0.111. The van der Waals surface area contributed by atoms with Crippen molar-refractivity contribution in [3.05, 3.63) is 71.8 Å². The van der Waals surface area contributed by atoms with Crippen LogP contribution in [0.15, 0.2) is 60.7 Å². The zero-order chi connectivity index (χ0) is 15.7. The van der Waals surface area contributed by atoms with Gasteiger partial charge in [-0.3, -0.25) is 9.59 Å². The third-order valence-corrected chi connectivity index (χ3v) is 3.99. The number of hydrogen-bond acceptors (Lipinski definition) is 4. The second-order valence-corrected chi connectivity index (χ2v) is 5.36. The summed E-state index contributed by atoms with van der Waals surface area (Å²) in [6.45, 7) is 0. The SMILES string of the molecule is O=C1C=CC(=O)C1(Cc1ccc(O)cc1)c1ccc(O)cc1. The summed E-state index contributed by atoms with van der Waals surface area (Å²) < 4.78 is 0. The summed E-state index contributed by atoms with van der Waals surface area (Å²) in [7, 11) is 0. The molecule has 0 saturated heterocycles. The summed E-state index contributed by atoms with van der Waals surface area (Å²) in [5, 5.41) is 18.8. The summed E-state index contributed by atoms with van der Waals surface area (Å²) >= 11 is 0. The Balaban J connectivity index is 2.08. The van der Waals surface area contributed by atoms with Crippen LogP contribution in [-0.2, 0) is 21.4 Å². The minimum absolute atomic E-state index is 0.0781. The molecule has 0 aliphatic heterocycles. The van der Waals surface area contributed by atoms with E-state index in [9.17, 15) is 19.8 Å². The van der Waals surface area contributed by atoms with E-state index in [0.717, 1.165) is 5.56 Å². The highest BCUT2D eigenvalue weighted by atomic mass is 16.3. The zero-order valence-electron chi connectivity index (χ0n) is 11.7. The first-order valence-electron chi connectivity index (χ1n) is 6.87. The van der Waals surface area contributed by atoms with Crippen molar-refractivity contribution < 1.29 is 19.8 Å². The molecule has 110 valence electrons. The molecule has 0 bridgehead atoms. The summed E-state index contributed by atoms with van der Waals surface area (Å²) in [5.74, 6) is -0.327. The Kier molecular flexibility index (Phi) is 3.29. The van der Waals surface area contributed by atoms with Gasteiger partial charge in [0, 0.05) is 0 Å². The number of ketones is 2. The van der Waals surface area contributed by atoms with Crippen LogP contribution in [-0.4, -0.2) is 21.8 Å². The molecular weight excluding hydrogens is 280 g/mol. The van der Waals surface area contributed by atoms with Crippen molar-refractivity contribution >= 4 is 11.6 Å². The Morgan fingerprint density at radius 1 is 0.727 bits per heavy atom. The molecule has 0 fully saturated rings. The van der Waals surface area contributed by atoms with E-state index in [0.29, 0.717) is 5.56 Å². The van der Waals surface area contributed by atoms with Crippen LogP contribution in [0, 0.1) is 0 Å². The predicted octanol–water partition coefficient (Wildman–Crippen LogP) is 2.29. The molecule has 0 amide bonds. The van der Waals surface area contributed by atoms with Crippen molar-refractivity contribution in [2.24, 2.45) is 0 Å². The Hall–Kier alpha value is -2.88. The van der Waals surface area contributed by atoms with Gasteiger partial charge in [-0.15, -0.1) is 0 Å². The van der Waals surface area contributed by atoms with Crippen molar-refractivity contribution in [2.45, 2.75) is 11.8 Å². The molecule has 0 heterocycles. The van der Waals surface area contributed by atoms with Crippen LogP contribution in [0.2, 0.25) is 0 Å². The molecule has 0 unspecified atom stereocenters. The van der Waals surface area contributed by atoms with Crippen molar-refractivity contribution in [2.75, 3.05) is 0 Å². The maximum Gasteiger partial charge on any atom is 0.174 e. The van der Waals surface area contributed by atoms with Crippen LogP contribution in [0.1, 0.15) is 11.1 Å². The number of benzene rings is 2. The van der Waals surface area contributed by atoms with Gasteiger partial charge < -0.3 is 10.2 Å². The first kappa shape index (κ1) is 14.1. The largest absolute Gasteiger partial charge is 0.508 e. The third-order valence-electron chi connectivity index (χ3n) is 3.99. The van der Waals surface area contributed by atoms with Gasteiger partial charge in [0.05, 0.1) is 0 Å². The molecular formula is C18H14O4. The van der Waals surface area contributed by atoms with Gasteiger partial charge in [-0.1, -0.05) is 24.3 Å². The smallest absolute Gasteiger partial charge is 0.174 e. The number of aromatic hydroxyl groups is 2. The van der Waals surface area contributed by atoms with Gasteiger partial charge in [-0.25, -0.2) is 0 Å². The predicted molar refractivity (Wildman–Crippen MR) is 80.7 cm³/mol. The standard InChI is InChI=1S/C18H14O4/c19-14-5-1-12(2-6-14)11-18(16(21)9-10-17(18)22)13-3-7-15(20)8-4-13/h1-10,19-20H,11H2. The summed E-state index contributed by atoms with van der Waals surface area (Å²) in [5.41, 5.74) is 0.0413. The molecule has 22 heavy (non-hydrogen) atoms. The molecule has 1 aliphatic carbocycles. The van der Waals surface area contributed by atoms with Crippen molar-refractivity contribution in [1.82, 2.24) is 0 Å². The molecule has 2 N–H and O–H groups in total. The lowest BCUT2D eigenvalue weighted by atomic mass is 9.72. The monoisotopic (exact) mass is 294 g/mol. The lowest BCUT2D eigenvalue weighted by Crippen LogP contribution is -2.40. The lowest BCUT2D eigenvalue weighted by molar-refractivity contribution is -0.128. The summed E-state index contributed by atoms with van der Waals surface area (Å²) in [6, 6.07) is 12.6. The molecule has 4 nitrogen and oxygen atoms in total. The fourth-order valence-electron chi connectivity index (χ4n) is 2.78. The quantitative estimate of drug-likeness (QED) is 0.852. The van der Waals surface area contributed by atoms with Gasteiger partial charge in [-0.05, 0) is 54.0 Å². The molecule has 0 aromatic heterocycles.